The molecule has 0 unspecified atom stereocenters. The fourth-order valence-electron chi connectivity index (χ4n) is 2.63. The van der Waals surface area contributed by atoms with Crippen molar-refractivity contribution >= 4 is 0 Å². The molecule has 0 spiro atoms. The van der Waals surface area contributed by atoms with E-state index in [2.05, 4.69) is 49.4 Å². The van der Waals surface area contributed by atoms with Gasteiger partial charge in [-0.25, -0.2) is 0 Å². The lowest BCUT2D eigenvalue weighted by molar-refractivity contribution is 0.306. The van der Waals surface area contributed by atoms with Gasteiger partial charge < -0.3 is 10.5 Å². The van der Waals surface area contributed by atoms with Crippen molar-refractivity contribution in [3.05, 3.63) is 89.5 Å². The van der Waals surface area contributed by atoms with E-state index < -0.39 is 0 Å². The minimum atomic E-state index is 0.562. The highest BCUT2D eigenvalue weighted by molar-refractivity contribution is 5.65. The topological polar surface area (TPSA) is 35.2 Å². The first-order valence-electron chi connectivity index (χ1n) is 7.82. The molecule has 2 N–H and O–H groups in total. The van der Waals surface area contributed by atoms with Crippen molar-refractivity contribution in [2.75, 3.05) is 0 Å². The second-order valence-electron chi connectivity index (χ2n) is 5.71. The third kappa shape index (κ3) is 3.99. The Balaban J connectivity index is 1.73. The van der Waals surface area contributed by atoms with Crippen molar-refractivity contribution in [3.63, 3.8) is 0 Å². The molecule has 0 heterocycles. The van der Waals surface area contributed by atoms with E-state index in [0.717, 1.165) is 11.3 Å². The first-order chi connectivity index (χ1) is 11.2. The van der Waals surface area contributed by atoms with Crippen LogP contribution in [0.1, 0.15) is 16.7 Å². The minimum absolute atomic E-state index is 0.562. The van der Waals surface area contributed by atoms with Gasteiger partial charge in [0.2, 0.25) is 0 Å². The quantitative estimate of drug-likeness (QED) is 0.741. The molecule has 3 aromatic rings. The van der Waals surface area contributed by atoms with E-state index in [1.54, 1.807) is 0 Å². The van der Waals surface area contributed by atoms with Crippen molar-refractivity contribution in [2.24, 2.45) is 5.73 Å². The third-order valence-electron chi connectivity index (χ3n) is 3.81. The number of ether oxygens (including phenoxy) is 1. The first-order valence-corrected chi connectivity index (χ1v) is 7.82. The zero-order valence-electron chi connectivity index (χ0n) is 13.3. The molecule has 0 aliphatic heterocycles. The highest BCUT2D eigenvalue weighted by Gasteiger charge is 2.02. The summed E-state index contributed by atoms with van der Waals surface area (Å²) in [5, 5.41) is 0. The fourth-order valence-corrected chi connectivity index (χ4v) is 2.63. The predicted molar refractivity (Wildman–Crippen MR) is 95.3 cm³/mol. The van der Waals surface area contributed by atoms with Gasteiger partial charge in [-0.15, -0.1) is 0 Å². The number of nitrogens with two attached hydrogens (primary N) is 1. The van der Waals surface area contributed by atoms with Gasteiger partial charge in [-0.05, 0) is 47.4 Å². The van der Waals surface area contributed by atoms with Gasteiger partial charge in [0, 0.05) is 6.54 Å². The summed E-state index contributed by atoms with van der Waals surface area (Å²) in [5.41, 5.74) is 11.7. The van der Waals surface area contributed by atoms with E-state index in [4.69, 9.17) is 10.5 Å². The molecule has 3 rings (SSSR count). The Labute approximate surface area is 137 Å². The molecular weight excluding hydrogens is 282 g/mol. The van der Waals surface area contributed by atoms with Crippen LogP contribution in [0.15, 0.2) is 72.8 Å². The zero-order valence-corrected chi connectivity index (χ0v) is 13.3. The molecule has 116 valence electrons. The maximum absolute atomic E-state index is 5.83. The Hall–Kier alpha value is -2.58. The van der Waals surface area contributed by atoms with Crippen LogP contribution in [0.25, 0.3) is 11.1 Å². The molecule has 2 heteroatoms. The van der Waals surface area contributed by atoms with Crippen molar-refractivity contribution in [3.8, 4) is 16.9 Å². The van der Waals surface area contributed by atoms with E-state index in [0.29, 0.717) is 13.2 Å². The Morgan fingerprint density at radius 1 is 0.783 bits per heavy atom. The third-order valence-corrected chi connectivity index (χ3v) is 3.81. The van der Waals surface area contributed by atoms with Gasteiger partial charge in [-0.3, -0.25) is 0 Å². The number of aryl methyl sites for hydroxylation is 1. The molecule has 0 radical (unpaired) electrons. The summed E-state index contributed by atoms with van der Waals surface area (Å²) in [5.74, 6) is 0.879. The van der Waals surface area contributed by atoms with Crippen LogP contribution in [0.3, 0.4) is 0 Å². The Morgan fingerprint density at radius 2 is 1.52 bits per heavy atom. The largest absolute Gasteiger partial charge is 0.489 e. The smallest absolute Gasteiger partial charge is 0.119 e. The molecule has 2 nitrogen and oxygen atoms in total. The Kier molecular flexibility index (Phi) is 4.74. The number of benzene rings is 3. The van der Waals surface area contributed by atoms with Crippen LogP contribution >= 0.6 is 0 Å². The van der Waals surface area contributed by atoms with Gasteiger partial charge in [0.25, 0.3) is 0 Å². The second-order valence-corrected chi connectivity index (χ2v) is 5.71. The van der Waals surface area contributed by atoms with Gasteiger partial charge in [-0.2, -0.15) is 0 Å². The molecule has 0 atom stereocenters. The summed E-state index contributed by atoms with van der Waals surface area (Å²) >= 11 is 0. The van der Waals surface area contributed by atoms with Gasteiger partial charge in [-0.1, -0.05) is 60.2 Å². The molecular formula is C21H21NO. The Bertz CT molecular complexity index is 764. The summed E-state index contributed by atoms with van der Waals surface area (Å²) in [6.07, 6.45) is 0. The summed E-state index contributed by atoms with van der Waals surface area (Å²) in [7, 11) is 0. The number of hydrogen-bond acceptors (Lipinski definition) is 2. The van der Waals surface area contributed by atoms with Crippen molar-refractivity contribution in [1.82, 2.24) is 0 Å². The lowest BCUT2D eigenvalue weighted by atomic mass is 10.0. The standard InChI is InChI=1S/C21H21NO/c1-16-11-18(14-22)13-20(12-16)19-7-9-21(10-8-19)23-15-17-5-3-2-4-6-17/h2-13H,14-15,22H2,1H3. The van der Waals surface area contributed by atoms with E-state index in [1.165, 1.54) is 22.3 Å². The molecule has 0 fully saturated rings. The fraction of sp³-hybridized carbons (Fsp3) is 0.143. The van der Waals surface area contributed by atoms with Crippen LogP contribution in [0.2, 0.25) is 0 Å². The molecule has 3 aromatic carbocycles. The van der Waals surface area contributed by atoms with E-state index in [1.807, 2.05) is 30.3 Å². The second kappa shape index (κ2) is 7.12. The molecule has 23 heavy (non-hydrogen) atoms. The van der Waals surface area contributed by atoms with Crippen LogP contribution in [-0.2, 0) is 13.2 Å². The van der Waals surface area contributed by atoms with Crippen molar-refractivity contribution in [1.29, 1.82) is 0 Å². The van der Waals surface area contributed by atoms with E-state index in [9.17, 15) is 0 Å². The Morgan fingerprint density at radius 3 is 2.22 bits per heavy atom. The van der Waals surface area contributed by atoms with E-state index >= 15 is 0 Å². The van der Waals surface area contributed by atoms with Crippen LogP contribution in [0.5, 0.6) is 5.75 Å². The maximum Gasteiger partial charge on any atom is 0.119 e. The monoisotopic (exact) mass is 303 g/mol. The molecule has 0 bridgehead atoms. The summed E-state index contributed by atoms with van der Waals surface area (Å²) in [6, 6.07) is 24.9. The van der Waals surface area contributed by atoms with Crippen LogP contribution in [0.4, 0.5) is 0 Å². The lowest BCUT2D eigenvalue weighted by Crippen LogP contribution is -1.97. The number of hydrogen-bond donors (Lipinski definition) is 1. The SMILES string of the molecule is Cc1cc(CN)cc(-c2ccc(OCc3ccccc3)cc2)c1. The van der Waals surface area contributed by atoms with Gasteiger partial charge >= 0.3 is 0 Å². The van der Waals surface area contributed by atoms with Gasteiger partial charge in [0.1, 0.15) is 12.4 Å². The minimum Gasteiger partial charge on any atom is -0.489 e. The highest BCUT2D eigenvalue weighted by atomic mass is 16.5. The van der Waals surface area contributed by atoms with E-state index in [-0.39, 0.29) is 0 Å². The first kappa shape index (κ1) is 15.3. The van der Waals surface area contributed by atoms with Gasteiger partial charge in [0.05, 0.1) is 0 Å². The normalized spacial score (nSPS) is 10.5. The van der Waals surface area contributed by atoms with Gasteiger partial charge in [0.15, 0.2) is 0 Å². The summed E-state index contributed by atoms with van der Waals surface area (Å²) in [4.78, 5) is 0. The van der Waals surface area contributed by atoms with Crippen LogP contribution < -0.4 is 10.5 Å². The predicted octanol–water partition coefficient (Wildman–Crippen LogP) is 4.70. The molecule has 0 aliphatic rings. The molecule has 0 saturated heterocycles. The van der Waals surface area contributed by atoms with Crippen LogP contribution in [-0.4, -0.2) is 0 Å². The molecule has 0 saturated carbocycles. The summed E-state index contributed by atoms with van der Waals surface area (Å²) < 4.78 is 5.83. The maximum atomic E-state index is 5.83. The van der Waals surface area contributed by atoms with Crippen molar-refractivity contribution < 1.29 is 4.74 Å². The van der Waals surface area contributed by atoms with Crippen molar-refractivity contribution in [2.45, 2.75) is 20.1 Å². The zero-order chi connectivity index (χ0) is 16.1. The molecule has 0 amide bonds. The highest BCUT2D eigenvalue weighted by Crippen LogP contribution is 2.25. The lowest BCUT2D eigenvalue weighted by Gasteiger charge is -2.09. The number of rotatable bonds is 5. The summed E-state index contributed by atoms with van der Waals surface area (Å²) in [6.45, 7) is 3.24. The molecule has 0 aromatic heterocycles. The average molecular weight is 303 g/mol. The van der Waals surface area contributed by atoms with Crippen LogP contribution in [0, 0.1) is 6.92 Å². The molecule has 0 aliphatic carbocycles. The average Bonchev–Trinajstić information content (AvgIpc) is 2.60.